The zero-order valence-corrected chi connectivity index (χ0v) is 7.31. The third-order valence-electron chi connectivity index (χ3n) is 1.88. The van der Waals surface area contributed by atoms with Crippen molar-refractivity contribution in [1.82, 2.24) is 15.0 Å². The quantitative estimate of drug-likeness (QED) is 0.657. The van der Waals surface area contributed by atoms with Crippen LogP contribution in [0.15, 0.2) is 37.1 Å². The van der Waals surface area contributed by atoms with Gasteiger partial charge in [0.15, 0.2) is 0 Å². The zero-order chi connectivity index (χ0) is 9.10. The third-order valence-corrected chi connectivity index (χ3v) is 1.88. The molecule has 13 heavy (non-hydrogen) atoms. The van der Waals surface area contributed by atoms with Crippen molar-refractivity contribution in [1.29, 1.82) is 0 Å². The van der Waals surface area contributed by atoms with Gasteiger partial charge >= 0.3 is 0 Å². The summed E-state index contributed by atoms with van der Waals surface area (Å²) in [5.41, 5.74) is 3.09. The SMILES string of the molecule is Cc1ncccc1-c1cncnc1. The molecule has 0 saturated carbocycles. The zero-order valence-electron chi connectivity index (χ0n) is 7.31. The van der Waals surface area contributed by atoms with E-state index in [0.29, 0.717) is 0 Å². The van der Waals surface area contributed by atoms with E-state index in [-0.39, 0.29) is 0 Å². The minimum atomic E-state index is 0.998. The lowest BCUT2D eigenvalue weighted by Crippen LogP contribution is -1.87. The lowest BCUT2D eigenvalue weighted by atomic mass is 10.1. The molecule has 3 heteroatoms. The van der Waals surface area contributed by atoms with Gasteiger partial charge in [-0.15, -0.1) is 0 Å². The molecule has 2 aromatic rings. The molecule has 0 radical (unpaired) electrons. The molecule has 0 saturated heterocycles. The van der Waals surface area contributed by atoms with Crippen molar-refractivity contribution in [2.75, 3.05) is 0 Å². The first-order valence-electron chi connectivity index (χ1n) is 4.05. The number of hydrogen-bond acceptors (Lipinski definition) is 3. The number of nitrogens with zero attached hydrogens (tertiary/aromatic N) is 3. The van der Waals surface area contributed by atoms with Crippen LogP contribution in [-0.4, -0.2) is 15.0 Å². The Kier molecular flexibility index (Phi) is 2.00. The van der Waals surface area contributed by atoms with Crippen LogP contribution in [0.5, 0.6) is 0 Å². The van der Waals surface area contributed by atoms with Crippen molar-refractivity contribution < 1.29 is 0 Å². The average molecular weight is 171 g/mol. The first-order valence-corrected chi connectivity index (χ1v) is 4.05. The van der Waals surface area contributed by atoms with Crippen molar-refractivity contribution in [3.8, 4) is 11.1 Å². The maximum atomic E-state index is 4.20. The number of aryl methyl sites for hydroxylation is 1. The minimum absolute atomic E-state index is 0.998. The van der Waals surface area contributed by atoms with Crippen molar-refractivity contribution in [2.45, 2.75) is 6.92 Å². The van der Waals surface area contributed by atoms with E-state index in [2.05, 4.69) is 15.0 Å². The molecule has 64 valence electrons. The Morgan fingerprint density at radius 3 is 2.62 bits per heavy atom. The molecule has 0 spiro atoms. The highest BCUT2D eigenvalue weighted by molar-refractivity contribution is 5.63. The maximum absolute atomic E-state index is 4.20. The summed E-state index contributed by atoms with van der Waals surface area (Å²) in [6.07, 6.45) is 6.88. The van der Waals surface area contributed by atoms with Gasteiger partial charge in [0.2, 0.25) is 0 Å². The number of aromatic nitrogens is 3. The van der Waals surface area contributed by atoms with Crippen molar-refractivity contribution in [3.05, 3.63) is 42.7 Å². The highest BCUT2D eigenvalue weighted by atomic mass is 14.8. The fourth-order valence-electron chi connectivity index (χ4n) is 1.23. The van der Waals surface area contributed by atoms with Crippen LogP contribution < -0.4 is 0 Å². The van der Waals surface area contributed by atoms with Crippen LogP contribution in [0.25, 0.3) is 11.1 Å². The molecule has 0 aliphatic rings. The second kappa shape index (κ2) is 3.31. The van der Waals surface area contributed by atoms with E-state index in [1.54, 1.807) is 18.6 Å². The van der Waals surface area contributed by atoms with E-state index in [1.165, 1.54) is 6.33 Å². The van der Waals surface area contributed by atoms with Gasteiger partial charge in [-0.25, -0.2) is 9.97 Å². The Morgan fingerprint density at radius 1 is 1.15 bits per heavy atom. The molecule has 0 aromatic carbocycles. The first-order chi connectivity index (χ1) is 6.38. The smallest absolute Gasteiger partial charge is 0.115 e. The van der Waals surface area contributed by atoms with Gasteiger partial charge in [-0.05, 0) is 13.0 Å². The topological polar surface area (TPSA) is 38.7 Å². The summed E-state index contributed by atoms with van der Waals surface area (Å²) in [6, 6.07) is 3.93. The fraction of sp³-hybridized carbons (Fsp3) is 0.100. The third kappa shape index (κ3) is 1.54. The summed E-state index contributed by atoms with van der Waals surface area (Å²) >= 11 is 0. The molecule has 0 atom stereocenters. The summed E-state index contributed by atoms with van der Waals surface area (Å²) in [5, 5.41) is 0. The second-order valence-electron chi connectivity index (χ2n) is 2.76. The lowest BCUT2D eigenvalue weighted by Gasteiger charge is -2.02. The molecule has 2 heterocycles. The maximum Gasteiger partial charge on any atom is 0.115 e. The van der Waals surface area contributed by atoms with E-state index < -0.39 is 0 Å². The molecule has 0 fully saturated rings. The minimum Gasteiger partial charge on any atom is -0.261 e. The van der Waals surface area contributed by atoms with Gasteiger partial charge in [0.25, 0.3) is 0 Å². The molecule has 0 aliphatic heterocycles. The van der Waals surface area contributed by atoms with E-state index in [0.717, 1.165) is 16.8 Å². The van der Waals surface area contributed by atoms with Gasteiger partial charge in [-0.2, -0.15) is 0 Å². The number of hydrogen-bond donors (Lipinski definition) is 0. The van der Waals surface area contributed by atoms with Gasteiger partial charge in [-0.3, -0.25) is 4.98 Å². The summed E-state index contributed by atoms with van der Waals surface area (Å²) in [5.74, 6) is 0. The standard InChI is InChI=1S/C10H9N3/c1-8-10(3-2-4-13-8)9-5-11-7-12-6-9/h2-7H,1H3. The summed E-state index contributed by atoms with van der Waals surface area (Å²) in [4.78, 5) is 12.1. The Morgan fingerprint density at radius 2 is 1.92 bits per heavy atom. The van der Waals surface area contributed by atoms with Crippen LogP contribution in [0.1, 0.15) is 5.69 Å². The highest BCUT2D eigenvalue weighted by Gasteiger charge is 2.00. The predicted molar refractivity (Wildman–Crippen MR) is 50.0 cm³/mol. The second-order valence-corrected chi connectivity index (χ2v) is 2.76. The highest BCUT2D eigenvalue weighted by Crippen LogP contribution is 2.18. The van der Waals surface area contributed by atoms with Gasteiger partial charge in [0.05, 0.1) is 0 Å². The van der Waals surface area contributed by atoms with Crippen LogP contribution in [0.2, 0.25) is 0 Å². The van der Waals surface area contributed by atoms with Crippen LogP contribution in [0.4, 0.5) is 0 Å². The molecular weight excluding hydrogens is 162 g/mol. The Hall–Kier alpha value is -1.77. The average Bonchev–Trinajstić information content (AvgIpc) is 2.20. The predicted octanol–water partition coefficient (Wildman–Crippen LogP) is 1.85. The van der Waals surface area contributed by atoms with E-state index in [9.17, 15) is 0 Å². The molecule has 0 bridgehead atoms. The first kappa shape index (κ1) is 7.86. The van der Waals surface area contributed by atoms with Gasteiger partial charge in [0, 0.05) is 35.4 Å². The molecule has 0 unspecified atom stereocenters. The largest absolute Gasteiger partial charge is 0.261 e. The van der Waals surface area contributed by atoms with E-state index >= 15 is 0 Å². The van der Waals surface area contributed by atoms with Crippen LogP contribution in [-0.2, 0) is 0 Å². The normalized spacial score (nSPS) is 9.92. The van der Waals surface area contributed by atoms with Crippen molar-refractivity contribution in [3.63, 3.8) is 0 Å². The lowest BCUT2D eigenvalue weighted by molar-refractivity contribution is 1.15. The molecule has 2 rings (SSSR count). The molecule has 3 nitrogen and oxygen atoms in total. The number of pyridine rings is 1. The molecular formula is C10H9N3. The van der Waals surface area contributed by atoms with Crippen LogP contribution in [0, 0.1) is 6.92 Å². The van der Waals surface area contributed by atoms with E-state index in [1.807, 2.05) is 19.1 Å². The van der Waals surface area contributed by atoms with Crippen molar-refractivity contribution in [2.24, 2.45) is 0 Å². The van der Waals surface area contributed by atoms with Gasteiger partial charge in [-0.1, -0.05) is 6.07 Å². The fourth-order valence-corrected chi connectivity index (χ4v) is 1.23. The van der Waals surface area contributed by atoms with Gasteiger partial charge in [0.1, 0.15) is 6.33 Å². The summed E-state index contributed by atoms with van der Waals surface area (Å²) in [6.45, 7) is 1.97. The molecule has 2 aromatic heterocycles. The molecule has 0 N–H and O–H groups in total. The van der Waals surface area contributed by atoms with Gasteiger partial charge < -0.3 is 0 Å². The Labute approximate surface area is 76.5 Å². The van der Waals surface area contributed by atoms with Crippen molar-refractivity contribution >= 4 is 0 Å². The van der Waals surface area contributed by atoms with E-state index in [4.69, 9.17) is 0 Å². The Bertz CT molecular complexity index is 398. The van der Waals surface area contributed by atoms with Crippen LogP contribution in [0.3, 0.4) is 0 Å². The Balaban J connectivity index is 2.54. The van der Waals surface area contributed by atoms with Crippen LogP contribution >= 0.6 is 0 Å². The molecule has 0 aliphatic carbocycles. The summed E-state index contributed by atoms with van der Waals surface area (Å²) in [7, 11) is 0. The number of rotatable bonds is 1. The molecule has 0 amide bonds. The summed E-state index contributed by atoms with van der Waals surface area (Å²) < 4.78 is 0. The monoisotopic (exact) mass is 171 g/mol.